The van der Waals surface area contributed by atoms with Crippen LogP contribution in [0.4, 0.5) is 0 Å². The number of amides is 1. The molecule has 1 rings (SSSR count). The van der Waals surface area contributed by atoms with Crippen molar-refractivity contribution in [3.8, 4) is 0 Å². The third-order valence-electron chi connectivity index (χ3n) is 2.84. The molecule has 1 unspecified atom stereocenters. The van der Waals surface area contributed by atoms with Gasteiger partial charge in [0.2, 0.25) is 5.91 Å². The molecule has 0 bridgehead atoms. The molecule has 3 nitrogen and oxygen atoms in total. The fourth-order valence-electron chi connectivity index (χ4n) is 1.79. The van der Waals surface area contributed by atoms with E-state index >= 15 is 0 Å². The zero-order valence-corrected chi connectivity index (χ0v) is 8.71. The molecule has 0 saturated carbocycles. The van der Waals surface area contributed by atoms with Crippen molar-refractivity contribution in [2.75, 3.05) is 13.1 Å². The average Bonchev–Trinajstić information content (AvgIpc) is 2.50. The maximum atomic E-state index is 11.3. The monoisotopic (exact) mass is 185 g/mol. The van der Waals surface area contributed by atoms with Gasteiger partial charge in [-0.3, -0.25) is 4.79 Å². The van der Waals surface area contributed by atoms with Crippen LogP contribution in [0.5, 0.6) is 0 Å². The molecule has 0 radical (unpaired) electrons. The number of hydrogen-bond donors (Lipinski definition) is 1. The first-order chi connectivity index (χ1) is 5.95. The van der Waals surface area contributed by atoms with Crippen molar-refractivity contribution < 1.29 is 9.90 Å². The van der Waals surface area contributed by atoms with E-state index in [0.717, 1.165) is 19.5 Å². The summed E-state index contributed by atoms with van der Waals surface area (Å²) in [5.74, 6) is 0.440. The molecule has 1 aliphatic rings. The van der Waals surface area contributed by atoms with Gasteiger partial charge in [-0.15, -0.1) is 0 Å². The average molecular weight is 185 g/mol. The molecule has 0 aromatic carbocycles. The van der Waals surface area contributed by atoms with Crippen LogP contribution < -0.4 is 0 Å². The van der Waals surface area contributed by atoms with Gasteiger partial charge < -0.3 is 10.0 Å². The van der Waals surface area contributed by atoms with Crippen molar-refractivity contribution in [2.24, 2.45) is 5.92 Å². The molecule has 13 heavy (non-hydrogen) atoms. The van der Waals surface area contributed by atoms with E-state index in [4.69, 9.17) is 0 Å². The minimum Gasteiger partial charge on any atom is -0.390 e. The third-order valence-corrected chi connectivity index (χ3v) is 2.84. The standard InChI is InChI=1S/C10H19NO2/c1-4-9(12)11-6-5-8(7-11)10(2,3)13/h8,13H,4-7H2,1-3H3. The lowest BCUT2D eigenvalue weighted by atomic mass is 9.90. The van der Waals surface area contributed by atoms with Gasteiger partial charge in [-0.25, -0.2) is 0 Å². The fourth-order valence-corrected chi connectivity index (χ4v) is 1.79. The Morgan fingerprint density at radius 1 is 1.62 bits per heavy atom. The summed E-state index contributed by atoms with van der Waals surface area (Å²) in [7, 11) is 0. The normalized spacial score (nSPS) is 23.7. The summed E-state index contributed by atoms with van der Waals surface area (Å²) in [6.45, 7) is 7.03. The fraction of sp³-hybridized carbons (Fsp3) is 0.900. The lowest BCUT2D eigenvalue weighted by Gasteiger charge is -2.25. The molecule has 1 saturated heterocycles. The van der Waals surface area contributed by atoms with Crippen molar-refractivity contribution in [2.45, 2.75) is 39.2 Å². The number of aliphatic hydroxyl groups is 1. The molecule has 0 spiro atoms. The lowest BCUT2D eigenvalue weighted by molar-refractivity contribution is -0.130. The van der Waals surface area contributed by atoms with Gasteiger partial charge in [0.05, 0.1) is 5.60 Å². The topological polar surface area (TPSA) is 40.5 Å². The highest BCUT2D eigenvalue weighted by Gasteiger charge is 2.34. The van der Waals surface area contributed by atoms with Crippen LogP contribution in [0.1, 0.15) is 33.6 Å². The second-order valence-corrected chi connectivity index (χ2v) is 4.33. The number of rotatable bonds is 2. The predicted molar refractivity (Wildman–Crippen MR) is 51.3 cm³/mol. The van der Waals surface area contributed by atoms with Crippen LogP contribution in [0.25, 0.3) is 0 Å². The number of likely N-dealkylation sites (tertiary alicyclic amines) is 1. The smallest absolute Gasteiger partial charge is 0.222 e. The van der Waals surface area contributed by atoms with Crippen molar-refractivity contribution in [1.82, 2.24) is 4.90 Å². The number of carbonyl (C=O) groups is 1. The van der Waals surface area contributed by atoms with Crippen LogP contribution >= 0.6 is 0 Å². The van der Waals surface area contributed by atoms with Crippen molar-refractivity contribution in [3.63, 3.8) is 0 Å². The number of hydrogen-bond acceptors (Lipinski definition) is 2. The second-order valence-electron chi connectivity index (χ2n) is 4.33. The Labute approximate surface area is 79.7 Å². The number of carbonyl (C=O) groups excluding carboxylic acids is 1. The second kappa shape index (κ2) is 3.66. The summed E-state index contributed by atoms with van der Waals surface area (Å²) < 4.78 is 0. The molecule has 1 heterocycles. The molecule has 1 fully saturated rings. The largest absolute Gasteiger partial charge is 0.390 e. The van der Waals surface area contributed by atoms with Gasteiger partial charge in [-0.2, -0.15) is 0 Å². The molecule has 3 heteroatoms. The van der Waals surface area contributed by atoms with Gasteiger partial charge in [0.25, 0.3) is 0 Å². The molecule has 1 aliphatic heterocycles. The van der Waals surface area contributed by atoms with E-state index in [2.05, 4.69) is 0 Å². The minimum absolute atomic E-state index is 0.201. The predicted octanol–water partition coefficient (Wildman–Crippen LogP) is 1.02. The highest BCUT2D eigenvalue weighted by atomic mass is 16.3. The molecule has 0 aromatic rings. The Morgan fingerprint density at radius 2 is 2.23 bits per heavy atom. The summed E-state index contributed by atoms with van der Waals surface area (Å²) >= 11 is 0. The van der Waals surface area contributed by atoms with E-state index in [-0.39, 0.29) is 11.8 Å². The van der Waals surface area contributed by atoms with Gasteiger partial charge >= 0.3 is 0 Å². The maximum absolute atomic E-state index is 11.3. The Hall–Kier alpha value is -0.570. The molecular weight excluding hydrogens is 166 g/mol. The summed E-state index contributed by atoms with van der Waals surface area (Å²) in [4.78, 5) is 13.2. The van der Waals surface area contributed by atoms with Crippen LogP contribution in [0, 0.1) is 5.92 Å². The Bertz CT molecular complexity index is 196. The Balaban J connectivity index is 2.50. The first-order valence-electron chi connectivity index (χ1n) is 4.95. The van der Waals surface area contributed by atoms with E-state index in [1.54, 1.807) is 0 Å². The van der Waals surface area contributed by atoms with Gasteiger partial charge in [0.15, 0.2) is 0 Å². The summed E-state index contributed by atoms with van der Waals surface area (Å²) in [6.07, 6.45) is 1.49. The van der Waals surface area contributed by atoms with Crippen molar-refractivity contribution >= 4 is 5.91 Å². The van der Waals surface area contributed by atoms with Crippen LogP contribution in [0.3, 0.4) is 0 Å². The summed E-state index contributed by atoms with van der Waals surface area (Å²) in [6, 6.07) is 0. The number of nitrogens with zero attached hydrogens (tertiary/aromatic N) is 1. The molecular formula is C10H19NO2. The highest BCUT2D eigenvalue weighted by Crippen LogP contribution is 2.27. The Kier molecular flexibility index (Phi) is 2.96. The van der Waals surface area contributed by atoms with Crippen LogP contribution in [0.15, 0.2) is 0 Å². The lowest BCUT2D eigenvalue weighted by Crippen LogP contribution is -2.35. The summed E-state index contributed by atoms with van der Waals surface area (Å²) in [5, 5.41) is 9.75. The highest BCUT2D eigenvalue weighted by molar-refractivity contribution is 5.76. The van der Waals surface area contributed by atoms with E-state index in [1.165, 1.54) is 0 Å². The Morgan fingerprint density at radius 3 is 2.62 bits per heavy atom. The van der Waals surface area contributed by atoms with E-state index in [1.807, 2.05) is 25.7 Å². The van der Waals surface area contributed by atoms with Gasteiger partial charge in [-0.05, 0) is 20.3 Å². The van der Waals surface area contributed by atoms with Crippen LogP contribution in [-0.4, -0.2) is 34.6 Å². The summed E-state index contributed by atoms with van der Waals surface area (Å²) in [5.41, 5.74) is -0.650. The third kappa shape index (κ3) is 2.44. The van der Waals surface area contributed by atoms with Gasteiger partial charge in [0, 0.05) is 25.4 Å². The van der Waals surface area contributed by atoms with Gasteiger partial charge in [-0.1, -0.05) is 6.92 Å². The van der Waals surface area contributed by atoms with Crippen molar-refractivity contribution in [1.29, 1.82) is 0 Å². The molecule has 1 atom stereocenters. The minimum atomic E-state index is -0.650. The van der Waals surface area contributed by atoms with Crippen LogP contribution in [-0.2, 0) is 4.79 Å². The zero-order chi connectivity index (χ0) is 10.1. The van der Waals surface area contributed by atoms with Crippen molar-refractivity contribution in [3.05, 3.63) is 0 Å². The quantitative estimate of drug-likeness (QED) is 0.697. The molecule has 0 aliphatic carbocycles. The molecule has 76 valence electrons. The molecule has 1 amide bonds. The zero-order valence-electron chi connectivity index (χ0n) is 8.71. The van der Waals surface area contributed by atoms with Crippen LogP contribution in [0.2, 0.25) is 0 Å². The van der Waals surface area contributed by atoms with E-state index in [9.17, 15) is 9.90 Å². The molecule has 0 aromatic heterocycles. The maximum Gasteiger partial charge on any atom is 0.222 e. The van der Waals surface area contributed by atoms with Gasteiger partial charge in [0.1, 0.15) is 0 Å². The SMILES string of the molecule is CCC(=O)N1CCC(C(C)(C)O)C1. The molecule has 1 N–H and O–H groups in total. The first kappa shape index (κ1) is 10.5. The van der Waals surface area contributed by atoms with E-state index < -0.39 is 5.60 Å². The van der Waals surface area contributed by atoms with E-state index in [0.29, 0.717) is 6.42 Å². The first-order valence-corrected chi connectivity index (χ1v) is 4.95.